The van der Waals surface area contributed by atoms with E-state index >= 15 is 0 Å². The van der Waals surface area contributed by atoms with Crippen LogP contribution < -0.4 is 14.4 Å². The Kier molecular flexibility index (Phi) is 9.90. The number of para-hydroxylation sites is 2. The molecule has 0 aromatic heterocycles. The van der Waals surface area contributed by atoms with Crippen LogP contribution in [0, 0.1) is 6.92 Å². The molecule has 8 nitrogen and oxygen atoms in total. The molecule has 0 radical (unpaired) electrons. The molecule has 3 rings (SSSR count). The van der Waals surface area contributed by atoms with Crippen LogP contribution in [0.5, 0.6) is 5.75 Å². The Morgan fingerprint density at radius 3 is 2.16 bits per heavy atom. The number of anilines is 1. The SMILES string of the molecule is CCOc1ccccc1N(CC(=O)N(Cc1ccccc1)C(CC)C(=O)NC)S(=O)(=O)c1ccc(C)cc1. The van der Waals surface area contributed by atoms with Crippen molar-refractivity contribution >= 4 is 27.5 Å². The highest BCUT2D eigenvalue weighted by molar-refractivity contribution is 7.92. The molecule has 3 aromatic rings. The zero-order valence-electron chi connectivity index (χ0n) is 22.3. The Hall–Kier alpha value is -3.85. The van der Waals surface area contributed by atoms with Crippen molar-refractivity contribution in [2.75, 3.05) is 24.5 Å². The summed E-state index contributed by atoms with van der Waals surface area (Å²) in [6.07, 6.45) is 0.360. The number of hydrogen-bond acceptors (Lipinski definition) is 5. The van der Waals surface area contributed by atoms with Crippen molar-refractivity contribution in [3.63, 3.8) is 0 Å². The second-order valence-electron chi connectivity index (χ2n) is 8.77. The van der Waals surface area contributed by atoms with Gasteiger partial charge in [-0.2, -0.15) is 0 Å². The lowest BCUT2D eigenvalue weighted by molar-refractivity contribution is -0.140. The molecule has 0 spiro atoms. The van der Waals surface area contributed by atoms with Gasteiger partial charge in [-0.05, 0) is 50.1 Å². The van der Waals surface area contributed by atoms with E-state index in [2.05, 4.69) is 5.32 Å². The lowest BCUT2D eigenvalue weighted by Gasteiger charge is -2.33. The van der Waals surface area contributed by atoms with Gasteiger partial charge < -0.3 is 15.0 Å². The lowest BCUT2D eigenvalue weighted by atomic mass is 10.1. The first-order valence-corrected chi connectivity index (χ1v) is 14.0. The minimum Gasteiger partial charge on any atom is -0.492 e. The molecule has 0 saturated heterocycles. The van der Waals surface area contributed by atoms with Gasteiger partial charge in [-0.3, -0.25) is 13.9 Å². The second kappa shape index (κ2) is 13.1. The maximum atomic E-state index is 14.0. The molecule has 0 bridgehead atoms. The van der Waals surface area contributed by atoms with Crippen LogP contribution in [0.15, 0.2) is 83.8 Å². The normalized spacial score (nSPS) is 11.9. The van der Waals surface area contributed by atoms with E-state index in [-0.39, 0.29) is 23.0 Å². The summed E-state index contributed by atoms with van der Waals surface area (Å²) < 4.78 is 34.7. The molecule has 1 N–H and O–H groups in total. The van der Waals surface area contributed by atoms with Crippen molar-refractivity contribution < 1.29 is 22.7 Å². The fourth-order valence-electron chi connectivity index (χ4n) is 4.16. The van der Waals surface area contributed by atoms with Crippen LogP contribution in [-0.2, 0) is 26.2 Å². The fraction of sp³-hybridized carbons (Fsp3) is 0.310. The van der Waals surface area contributed by atoms with Gasteiger partial charge in [-0.1, -0.05) is 67.1 Å². The Bertz CT molecular complexity index is 1330. The zero-order chi connectivity index (χ0) is 27.7. The Morgan fingerprint density at radius 1 is 0.921 bits per heavy atom. The highest BCUT2D eigenvalue weighted by Crippen LogP contribution is 2.33. The number of carbonyl (C=O) groups is 2. The van der Waals surface area contributed by atoms with Gasteiger partial charge in [0.15, 0.2) is 0 Å². The molecule has 1 atom stereocenters. The lowest BCUT2D eigenvalue weighted by Crippen LogP contribution is -2.51. The fourth-order valence-corrected chi connectivity index (χ4v) is 5.58. The number of nitrogens with one attached hydrogen (secondary N) is 1. The van der Waals surface area contributed by atoms with Gasteiger partial charge in [0.2, 0.25) is 11.8 Å². The number of nitrogens with zero attached hydrogens (tertiary/aromatic N) is 2. The third-order valence-corrected chi connectivity index (χ3v) is 7.92. The minimum atomic E-state index is -4.17. The number of carbonyl (C=O) groups excluding carboxylic acids is 2. The quantitative estimate of drug-likeness (QED) is 0.375. The average molecular weight is 538 g/mol. The summed E-state index contributed by atoms with van der Waals surface area (Å²) in [6, 6.07) is 21.7. The van der Waals surface area contributed by atoms with E-state index < -0.39 is 28.5 Å². The Labute approximate surface area is 225 Å². The standard InChI is InChI=1S/C29H35N3O5S/c1-5-25(29(34)30-4)31(20-23-12-8-7-9-13-23)28(33)21-32(26-14-10-11-15-27(26)37-6-2)38(35,36)24-18-16-22(3)17-19-24/h7-19,25H,5-6,20-21H2,1-4H3,(H,30,34). The first kappa shape index (κ1) is 28.7. The van der Waals surface area contributed by atoms with Gasteiger partial charge in [-0.15, -0.1) is 0 Å². The van der Waals surface area contributed by atoms with E-state index in [1.165, 1.54) is 24.1 Å². The molecule has 0 aliphatic rings. The van der Waals surface area contributed by atoms with Gasteiger partial charge in [0.1, 0.15) is 18.3 Å². The molecule has 38 heavy (non-hydrogen) atoms. The summed E-state index contributed by atoms with van der Waals surface area (Å²) in [5.41, 5.74) is 1.98. The monoisotopic (exact) mass is 537 g/mol. The van der Waals surface area contributed by atoms with Crippen LogP contribution in [0.2, 0.25) is 0 Å². The first-order chi connectivity index (χ1) is 18.2. The summed E-state index contributed by atoms with van der Waals surface area (Å²) in [7, 11) is -2.65. The number of benzene rings is 3. The molecule has 1 unspecified atom stereocenters. The van der Waals surface area contributed by atoms with E-state index in [0.29, 0.717) is 18.8 Å². The highest BCUT2D eigenvalue weighted by atomic mass is 32.2. The molecule has 2 amide bonds. The van der Waals surface area contributed by atoms with Crippen molar-refractivity contribution in [1.82, 2.24) is 10.2 Å². The number of sulfonamides is 1. The second-order valence-corrected chi connectivity index (χ2v) is 10.6. The molecule has 0 aliphatic heterocycles. The van der Waals surface area contributed by atoms with E-state index in [0.717, 1.165) is 15.4 Å². The van der Waals surface area contributed by atoms with Crippen LogP contribution in [0.1, 0.15) is 31.4 Å². The molecule has 0 fully saturated rings. The number of aryl methyl sites for hydroxylation is 1. The smallest absolute Gasteiger partial charge is 0.264 e. The maximum absolute atomic E-state index is 14.0. The van der Waals surface area contributed by atoms with Crippen molar-refractivity contribution in [1.29, 1.82) is 0 Å². The summed E-state index contributed by atoms with van der Waals surface area (Å²) in [5, 5.41) is 2.62. The third kappa shape index (κ3) is 6.72. The van der Waals surface area contributed by atoms with Gasteiger partial charge in [0.25, 0.3) is 10.0 Å². The van der Waals surface area contributed by atoms with Crippen molar-refractivity contribution in [2.24, 2.45) is 0 Å². The van der Waals surface area contributed by atoms with Gasteiger partial charge in [-0.25, -0.2) is 8.42 Å². The highest BCUT2D eigenvalue weighted by Gasteiger charge is 2.34. The molecule has 0 saturated carbocycles. The van der Waals surface area contributed by atoms with E-state index in [1.807, 2.05) is 44.2 Å². The molecular weight excluding hydrogens is 502 g/mol. The Balaban J connectivity index is 2.10. The average Bonchev–Trinajstić information content (AvgIpc) is 2.92. The zero-order valence-corrected chi connectivity index (χ0v) is 23.1. The minimum absolute atomic E-state index is 0.0511. The van der Waals surface area contributed by atoms with Crippen LogP contribution >= 0.6 is 0 Å². The number of amides is 2. The predicted octanol–water partition coefficient (Wildman–Crippen LogP) is 4.14. The van der Waals surface area contributed by atoms with Gasteiger partial charge in [0, 0.05) is 13.6 Å². The third-order valence-electron chi connectivity index (χ3n) is 6.15. The number of rotatable bonds is 12. The molecule has 3 aromatic carbocycles. The van der Waals surface area contributed by atoms with Crippen LogP contribution in [0.4, 0.5) is 5.69 Å². The number of likely N-dealkylation sites (N-methyl/N-ethyl adjacent to an activating group) is 1. The van der Waals surface area contributed by atoms with Crippen LogP contribution in [0.25, 0.3) is 0 Å². The number of hydrogen-bond donors (Lipinski definition) is 1. The van der Waals surface area contributed by atoms with E-state index in [4.69, 9.17) is 4.74 Å². The van der Waals surface area contributed by atoms with Crippen molar-refractivity contribution in [2.45, 2.75) is 44.7 Å². The van der Waals surface area contributed by atoms with Crippen molar-refractivity contribution in [3.05, 3.63) is 90.0 Å². The summed E-state index contributed by atoms with van der Waals surface area (Å²) in [4.78, 5) is 28.2. The Morgan fingerprint density at radius 2 is 1.55 bits per heavy atom. The maximum Gasteiger partial charge on any atom is 0.264 e. The van der Waals surface area contributed by atoms with E-state index in [1.54, 1.807) is 43.3 Å². The molecule has 0 heterocycles. The molecule has 9 heteroatoms. The van der Waals surface area contributed by atoms with Gasteiger partial charge in [0.05, 0.1) is 17.2 Å². The first-order valence-electron chi connectivity index (χ1n) is 12.6. The summed E-state index contributed by atoms with van der Waals surface area (Å²) >= 11 is 0. The molecular formula is C29H35N3O5S. The van der Waals surface area contributed by atoms with E-state index in [9.17, 15) is 18.0 Å². The van der Waals surface area contributed by atoms with Crippen molar-refractivity contribution in [3.8, 4) is 5.75 Å². The molecule has 202 valence electrons. The predicted molar refractivity (Wildman–Crippen MR) is 148 cm³/mol. The summed E-state index contributed by atoms with van der Waals surface area (Å²) in [6.45, 7) is 5.44. The topological polar surface area (TPSA) is 96.0 Å². The number of ether oxygens (including phenoxy) is 1. The van der Waals surface area contributed by atoms with Crippen LogP contribution in [0.3, 0.4) is 0 Å². The van der Waals surface area contributed by atoms with Gasteiger partial charge >= 0.3 is 0 Å². The van der Waals surface area contributed by atoms with Crippen LogP contribution in [-0.4, -0.2) is 51.4 Å². The summed E-state index contributed by atoms with van der Waals surface area (Å²) in [5.74, 6) is -0.489. The largest absolute Gasteiger partial charge is 0.492 e. The molecule has 0 aliphatic carbocycles.